The first kappa shape index (κ1) is 35.5. The summed E-state index contributed by atoms with van der Waals surface area (Å²) in [7, 11) is 1.82. The molecule has 0 radical (unpaired) electrons. The summed E-state index contributed by atoms with van der Waals surface area (Å²) in [5.74, 6) is -0.189. The molecule has 1 aliphatic heterocycles. The van der Waals surface area contributed by atoms with E-state index in [4.69, 9.17) is 22.4 Å². The molecule has 2 aromatic rings. The summed E-state index contributed by atoms with van der Waals surface area (Å²) in [6.45, 7) is 13.9. The van der Waals surface area contributed by atoms with Crippen LogP contribution in [0, 0.1) is 0 Å². The molecular weight excluding hydrogens is 582 g/mol. The number of carboxylic acid groups (broad SMARTS) is 1. The van der Waals surface area contributed by atoms with E-state index in [0.29, 0.717) is 5.56 Å². The first-order valence-electron chi connectivity index (χ1n) is 16.1. The molecule has 2 aliphatic rings. The molecule has 9 heteroatoms. The van der Waals surface area contributed by atoms with Crippen LogP contribution in [0.1, 0.15) is 63.7 Å². The van der Waals surface area contributed by atoms with E-state index < -0.39 is 5.97 Å². The number of thiocarbonyl (C=S) groups is 1. The predicted octanol–water partition coefficient (Wildman–Crippen LogP) is 6.16. The van der Waals surface area contributed by atoms with Gasteiger partial charge in [-0.05, 0) is 89.1 Å². The number of anilines is 1. The second-order valence-electron chi connectivity index (χ2n) is 10.7. The number of benzene rings is 3. The van der Waals surface area contributed by atoms with Crippen LogP contribution in [-0.4, -0.2) is 62.5 Å². The van der Waals surface area contributed by atoms with Crippen molar-refractivity contribution < 1.29 is 14.3 Å². The molecule has 0 bridgehead atoms. The summed E-state index contributed by atoms with van der Waals surface area (Å²) in [6, 6.07) is 19.6. The number of unbranched alkanes of at least 4 members (excludes halogenated alkanes) is 3. The lowest BCUT2D eigenvalue weighted by Gasteiger charge is -2.22. The first-order valence-corrected chi connectivity index (χ1v) is 16.6. The normalized spacial score (nSPS) is 10.7. The standard InChI is InChI=1S/C28H30N2O3.C8H19N3S/c1-5-29(6-2)19-13-15-23-25(17-19)33-26-18-20(30(7-3)8-4)14-16-24(26)27(23)21-11-9-10-12-22(21)28(31)32;1-10-8(12)11-7-5-3-2-4-6-9/h9-18H,5-8H2,1-4H3;2-7,9H2,1H3,(H2,10,11,12)/p+1. The molecule has 5 N–H and O–H groups in total. The van der Waals surface area contributed by atoms with Gasteiger partial charge in [0.05, 0.1) is 11.6 Å². The van der Waals surface area contributed by atoms with Crippen LogP contribution in [0.2, 0.25) is 0 Å². The van der Waals surface area contributed by atoms with Gasteiger partial charge >= 0.3 is 5.97 Å². The summed E-state index contributed by atoms with van der Waals surface area (Å²) in [6.07, 6.45) is 4.76. The summed E-state index contributed by atoms with van der Waals surface area (Å²) >= 11 is 4.91. The molecule has 242 valence electrons. The van der Waals surface area contributed by atoms with Crippen molar-refractivity contribution in [3.63, 3.8) is 0 Å². The summed E-state index contributed by atoms with van der Waals surface area (Å²) < 4.78 is 8.74. The zero-order chi connectivity index (χ0) is 32.8. The number of nitrogens with zero attached hydrogens (tertiary/aromatic N) is 2. The molecule has 0 fully saturated rings. The van der Waals surface area contributed by atoms with Crippen molar-refractivity contribution in [2.24, 2.45) is 5.73 Å². The Kier molecular flexibility index (Phi) is 14.3. The number of aromatic carboxylic acids is 1. The molecule has 0 amide bonds. The second-order valence-corrected chi connectivity index (χ2v) is 11.2. The monoisotopic (exact) mass is 632 g/mol. The topological polar surface area (TPSA) is 107 Å². The van der Waals surface area contributed by atoms with Gasteiger partial charge in [0.25, 0.3) is 0 Å². The van der Waals surface area contributed by atoms with E-state index in [1.165, 1.54) is 19.3 Å². The largest absolute Gasteiger partial charge is 0.478 e. The minimum atomic E-state index is -0.938. The van der Waals surface area contributed by atoms with Gasteiger partial charge in [0.15, 0.2) is 5.11 Å². The Hall–Kier alpha value is -3.95. The van der Waals surface area contributed by atoms with Crippen LogP contribution in [0.15, 0.2) is 65.1 Å². The van der Waals surface area contributed by atoms with E-state index in [2.05, 4.69) is 84.2 Å². The van der Waals surface area contributed by atoms with E-state index in [1.54, 1.807) is 12.1 Å². The Bertz CT molecular complexity index is 1590. The third-order valence-electron chi connectivity index (χ3n) is 8.02. The Morgan fingerprint density at radius 3 is 2.29 bits per heavy atom. The summed E-state index contributed by atoms with van der Waals surface area (Å²) in [4.78, 5) is 14.3. The SMILES string of the molecule is CCN(CC)c1ccc2c(-c3ccccc3C(=O)O)c3ccc(=[N+](CC)CC)cc-3oc2c1.CNC(=S)NCCCCCCN. The fourth-order valence-electron chi connectivity index (χ4n) is 5.53. The number of hydrogen-bond acceptors (Lipinski definition) is 5. The molecule has 8 nitrogen and oxygen atoms in total. The smallest absolute Gasteiger partial charge is 0.336 e. The highest BCUT2D eigenvalue weighted by Gasteiger charge is 2.22. The molecule has 2 aromatic carbocycles. The van der Waals surface area contributed by atoms with Crippen molar-refractivity contribution in [2.45, 2.75) is 53.4 Å². The number of nitrogens with one attached hydrogen (secondary N) is 2. The van der Waals surface area contributed by atoms with Crippen LogP contribution < -0.4 is 31.2 Å². The molecule has 0 atom stereocenters. The van der Waals surface area contributed by atoms with Crippen molar-refractivity contribution in [3.05, 3.63) is 71.6 Å². The van der Waals surface area contributed by atoms with Crippen LogP contribution in [0.3, 0.4) is 0 Å². The van der Waals surface area contributed by atoms with Gasteiger partial charge in [-0.2, -0.15) is 0 Å². The Morgan fingerprint density at radius 1 is 0.933 bits per heavy atom. The van der Waals surface area contributed by atoms with Crippen LogP contribution in [0.25, 0.3) is 33.4 Å². The number of hydrogen-bond donors (Lipinski definition) is 4. The molecule has 1 aliphatic carbocycles. The van der Waals surface area contributed by atoms with Crippen molar-refractivity contribution in [3.8, 4) is 22.5 Å². The van der Waals surface area contributed by atoms with Gasteiger partial charge in [-0.1, -0.05) is 31.0 Å². The Balaban J connectivity index is 0.000000392. The zero-order valence-corrected chi connectivity index (χ0v) is 28.3. The number of fused-ring (bicyclic) bond motifs is 2. The number of rotatable bonds is 13. The van der Waals surface area contributed by atoms with Crippen LogP contribution in [0.5, 0.6) is 0 Å². The van der Waals surface area contributed by atoms with Crippen molar-refractivity contribution in [2.75, 3.05) is 51.2 Å². The molecule has 0 saturated heterocycles. The average molecular weight is 633 g/mol. The minimum absolute atomic E-state index is 0.284. The van der Waals surface area contributed by atoms with Crippen molar-refractivity contribution in [1.29, 1.82) is 0 Å². The minimum Gasteiger partial charge on any atom is -0.478 e. The Labute approximate surface area is 273 Å². The van der Waals surface area contributed by atoms with E-state index in [1.807, 2.05) is 19.2 Å². The molecule has 0 saturated carbocycles. The molecule has 0 aromatic heterocycles. The van der Waals surface area contributed by atoms with Gasteiger partial charge in [-0.15, -0.1) is 0 Å². The fraction of sp³-hybridized carbons (Fsp3) is 0.417. The van der Waals surface area contributed by atoms with Crippen molar-refractivity contribution in [1.82, 2.24) is 15.2 Å². The van der Waals surface area contributed by atoms with Gasteiger partial charge in [0.1, 0.15) is 24.4 Å². The highest BCUT2D eigenvalue weighted by molar-refractivity contribution is 7.80. The number of nitrogens with two attached hydrogens (primary N) is 1. The highest BCUT2D eigenvalue weighted by Crippen LogP contribution is 2.42. The molecule has 0 spiro atoms. The number of carbonyl (C=O) groups is 1. The van der Waals surface area contributed by atoms with Gasteiger partial charge < -0.3 is 30.8 Å². The Morgan fingerprint density at radius 2 is 1.64 bits per heavy atom. The zero-order valence-electron chi connectivity index (χ0n) is 27.5. The first-order chi connectivity index (χ1) is 21.8. The van der Waals surface area contributed by atoms with E-state index in [9.17, 15) is 9.90 Å². The summed E-state index contributed by atoms with van der Waals surface area (Å²) in [5.41, 5.74) is 9.98. The third kappa shape index (κ3) is 9.28. The molecule has 4 rings (SSSR count). The third-order valence-corrected chi connectivity index (χ3v) is 8.36. The lowest BCUT2D eigenvalue weighted by atomic mass is 9.90. The molecular formula is C36H50N5O3S+. The maximum Gasteiger partial charge on any atom is 0.336 e. The van der Waals surface area contributed by atoms with Gasteiger partial charge in [-0.25, -0.2) is 9.37 Å². The highest BCUT2D eigenvalue weighted by atomic mass is 32.1. The quantitative estimate of drug-likeness (QED) is 0.0601. The van der Waals surface area contributed by atoms with Crippen LogP contribution in [0.4, 0.5) is 5.69 Å². The van der Waals surface area contributed by atoms with Gasteiger partial charge in [-0.3, -0.25) is 0 Å². The maximum absolute atomic E-state index is 12.1. The average Bonchev–Trinajstić information content (AvgIpc) is 3.06. The fourth-order valence-corrected chi connectivity index (χ4v) is 5.63. The molecule has 1 heterocycles. The van der Waals surface area contributed by atoms with E-state index in [0.717, 1.165) is 89.7 Å². The van der Waals surface area contributed by atoms with Crippen molar-refractivity contribution >= 4 is 40.0 Å². The lowest BCUT2D eigenvalue weighted by Crippen LogP contribution is -2.32. The van der Waals surface area contributed by atoms with Gasteiger partial charge in [0.2, 0.25) is 5.36 Å². The van der Waals surface area contributed by atoms with E-state index in [-0.39, 0.29) is 5.56 Å². The second kappa shape index (κ2) is 18.1. The van der Waals surface area contributed by atoms with Crippen LogP contribution in [-0.2, 0) is 0 Å². The van der Waals surface area contributed by atoms with E-state index >= 15 is 0 Å². The summed E-state index contributed by atoms with van der Waals surface area (Å²) in [5, 5.41) is 18.6. The predicted molar refractivity (Wildman–Crippen MR) is 192 cm³/mol. The molecule has 45 heavy (non-hydrogen) atoms. The number of carboxylic acids is 1. The van der Waals surface area contributed by atoms with Crippen LogP contribution >= 0.6 is 12.2 Å². The lowest BCUT2D eigenvalue weighted by molar-refractivity contribution is 0.0697. The maximum atomic E-state index is 12.1. The van der Waals surface area contributed by atoms with Gasteiger partial charge in [0, 0.05) is 61.0 Å². The molecule has 0 unspecified atom stereocenters.